The molecule has 0 aliphatic heterocycles. The fraction of sp³-hybridized carbons (Fsp3) is 0.444. The van der Waals surface area contributed by atoms with Gasteiger partial charge in [-0.25, -0.2) is 4.98 Å². The number of alkyl halides is 3. The number of hydrogen-bond donors (Lipinski definition) is 1. The molecule has 0 radical (unpaired) electrons. The van der Waals surface area contributed by atoms with Crippen LogP contribution in [0.15, 0.2) is 9.90 Å². The van der Waals surface area contributed by atoms with Gasteiger partial charge < -0.3 is 10.3 Å². The van der Waals surface area contributed by atoms with E-state index in [1.807, 2.05) is 0 Å². The number of nitrogens with two attached hydrogens (primary N) is 1. The summed E-state index contributed by atoms with van der Waals surface area (Å²) in [4.78, 5) is 7.95. The zero-order chi connectivity index (χ0) is 13.2. The molecule has 0 saturated heterocycles. The van der Waals surface area contributed by atoms with Gasteiger partial charge in [-0.3, -0.25) is 0 Å². The quantitative estimate of drug-likeness (QED) is 0.927. The number of rotatable bonds is 4. The maximum Gasteiger partial charge on any atom is 0.389 e. The Kier molecular flexibility index (Phi) is 3.62. The van der Waals surface area contributed by atoms with Crippen molar-refractivity contribution < 1.29 is 17.7 Å². The Morgan fingerprint density at radius 1 is 1.33 bits per heavy atom. The molecular formula is C9H9F3N4OS. The van der Waals surface area contributed by atoms with Gasteiger partial charge in [0.2, 0.25) is 0 Å². The zero-order valence-corrected chi connectivity index (χ0v) is 9.88. The van der Waals surface area contributed by atoms with E-state index in [4.69, 9.17) is 10.3 Å². The van der Waals surface area contributed by atoms with Crippen LogP contribution in [-0.4, -0.2) is 21.3 Å². The molecule has 0 saturated carbocycles. The lowest BCUT2D eigenvalue weighted by atomic mass is 10.3. The van der Waals surface area contributed by atoms with E-state index in [2.05, 4.69) is 15.1 Å². The van der Waals surface area contributed by atoms with Crippen LogP contribution in [0.1, 0.15) is 17.3 Å². The van der Waals surface area contributed by atoms with E-state index in [1.54, 1.807) is 5.38 Å². The molecule has 2 N–H and O–H groups in total. The van der Waals surface area contributed by atoms with Gasteiger partial charge >= 0.3 is 6.18 Å². The summed E-state index contributed by atoms with van der Waals surface area (Å²) in [5.74, 6) is 0.132. The van der Waals surface area contributed by atoms with Crippen molar-refractivity contribution in [3.05, 3.63) is 16.2 Å². The van der Waals surface area contributed by atoms with Gasteiger partial charge in [0, 0.05) is 18.3 Å². The van der Waals surface area contributed by atoms with Gasteiger partial charge in [-0.2, -0.15) is 18.2 Å². The highest BCUT2D eigenvalue weighted by molar-refractivity contribution is 7.09. The summed E-state index contributed by atoms with van der Waals surface area (Å²) in [6, 6.07) is 0. The van der Waals surface area contributed by atoms with Crippen LogP contribution < -0.4 is 5.73 Å². The lowest BCUT2D eigenvalue weighted by Crippen LogP contribution is -2.09. The van der Waals surface area contributed by atoms with Crippen molar-refractivity contribution >= 4 is 11.3 Å². The largest absolute Gasteiger partial charge is 0.389 e. The fourth-order valence-corrected chi connectivity index (χ4v) is 1.86. The first-order valence-electron chi connectivity index (χ1n) is 5.02. The first kappa shape index (κ1) is 13.0. The van der Waals surface area contributed by atoms with Crippen LogP contribution in [0.2, 0.25) is 0 Å². The highest BCUT2D eigenvalue weighted by Crippen LogP contribution is 2.23. The molecule has 2 rings (SSSR count). The van der Waals surface area contributed by atoms with Crippen LogP contribution in [0.3, 0.4) is 0 Å². The minimum absolute atomic E-state index is 0.0182. The summed E-state index contributed by atoms with van der Waals surface area (Å²) in [6.45, 7) is 0.291. The number of thiazole rings is 1. The van der Waals surface area contributed by atoms with E-state index >= 15 is 0 Å². The number of aryl methyl sites for hydroxylation is 1. The van der Waals surface area contributed by atoms with Gasteiger partial charge in [-0.1, -0.05) is 5.16 Å². The molecule has 0 aromatic carbocycles. The second kappa shape index (κ2) is 5.02. The van der Waals surface area contributed by atoms with Crippen molar-refractivity contribution in [2.45, 2.75) is 25.6 Å². The van der Waals surface area contributed by atoms with Crippen LogP contribution in [0.4, 0.5) is 13.2 Å². The molecule has 0 unspecified atom stereocenters. The van der Waals surface area contributed by atoms with Crippen molar-refractivity contribution in [2.24, 2.45) is 5.73 Å². The van der Waals surface area contributed by atoms with Crippen LogP contribution >= 0.6 is 11.3 Å². The van der Waals surface area contributed by atoms with Gasteiger partial charge in [-0.15, -0.1) is 11.3 Å². The molecule has 2 aromatic heterocycles. The summed E-state index contributed by atoms with van der Waals surface area (Å²) in [5, 5.41) is 5.84. The van der Waals surface area contributed by atoms with E-state index in [0.29, 0.717) is 17.2 Å². The Balaban J connectivity index is 2.06. The smallest absolute Gasteiger partial charge is 0.332 e. The van der Waals surface area contributed by atoms with Crippen molar-refractivity contribution in [3.8, 4) is 11.6 Å². The summed E-state index contributed by atoms with van der Waals surface area (Å²) in [7, 11) is 0. The Hall–Kier alpha value is -1.48. The van der Waals surface area contributed by atoms with E-state index in [0.717, 1.165) is 0 Å². The van der Waals surface area contributed by atoms with Crippen LogP contribution in [0, 0.1) is 0 Å². The minimum atomic E-state index is -4.23. The summed E-state index contributed by atoms with van der Waals surface area (Å²) >= 11 is 1.33. The molecule has 0 aliphatic carbocycles. The first-order valence-corrected chi connectivity index (χ1v) is 5.90. The summed E-state index contributed by atoms with van der Waals surface area (Å²) in [6.07, 6.45) is -5.51. The van der Waals surface area contributed by atoms with E-state index in [9.17, 15) is 13.2 Å². The Bertz CT molecular complexity index is 522. The van der Waals surface area contributed by atoms with E-state index in [1.165, 1.54) is 11.3 Å². The standard InChI is InChI=1S/C9H9F3N4OS/c10-9(11,12)2-1-6-15-8(17-16-6)5-4-18-7(3-13)14-5/h4H,1-3,13H2. The molecule has 0 amide bonds. The third-order valence-corrected chi connectivity index (χ3v) is 2.92. The van der Waals surface area contributed by atoms with Crippen LogP contribution in [-0.2, 0) is 13.0 Å². The van der Waals surface area contributed by atoms with Crippen molar-refractivity contribution in [3.63, 3.8) is 0 Å². The van der Waals surface area contributed by atoms with E-state index in [-0.39, 0.29) is 18.1 Å². The summed E-state index contributed by atoms with van der Waals surface area (Å²) in [5.41, 5.74) is 5.83. The average molecular weight is 278 g/mol. The highest BCUT2D eigenvalue weighted by atomic mass is 32.1. The predicted octanol–water partition coefficient (Wildman–Crippen LogP) is 2.15. The molecule has 0 spiro atoms. The number of nitrogens with zero attached hydrogens (tertiary/aromatic N) is 3. The molecule has 9 heteroatoms. The third kappa shape index (κ3) is 3.26. The SMILES string of the molecule is NCc1nc(-c2nc(CCC(F)(F)F)no2)cs1. The molecular weight excluding hydrogens is 269 g/mol. The van der Waals surface area contributed by atoms with Gasteiger partial charge in [-0.05, 0) is 0 Å². The zero-order valence-electron chi connectivity index (χ0n) is 9.07. The number of hydrogen-bond acceptors (Lipinski definition) is 6. The fourth-order valence-electron chi connectivity index (χ4n) is 1.22. The van der Waals surface area contributed by atoms with Gasteiger partial charge in [0.1, 0.15) is 10.7 Å². The van der Waals surface area contributed by atoms with Crippen LogP contribution in [0.25, 0.3) is 11.6 Å². The minimum Gasteiger partial charge on any atom is -0.332 e. The molecule has 0 bridgehead atoms. The molecule has 2 aromatic rings. The van der Waals surface area contributed by atoms with Gasteiger partial charge in [0.25, 0.3) is 5.89 Å². The topological polar surface area (TPSA) is 77.8 Å². The van der Waals surface area contributed by atoms with Crippen molar-refractivity contribution in [2.75, 3.05) is 0 Å². The predicted molar refractivity (Wildman–Crippen MR) is 57.7 cm³/mol. The average Bonchev–Trinajstić information content (AvgIpc) is 2.94. The Morgan fingerprint density at radius 2 is 2.11 bits per heavy atom. The van der Waals surface area contributed by atoms with Crippen molar-refractivity contribution in [1.82, 2.24) is 15.1 Å². The molecule has 2 heterocycles. The number of halogens is 3. The maximum absolute atomic E-state index is 12.0. The van der Waals surface area contributed by atoms with Gasteiger partial charge in [0.05, 0.1) is 6.42 Å². The maximum atomic E-state index is 12.0. The molecule has 0 atom stereocenters. The van der Waals surface area contributed by atoms with Crippen LogP contribution in [0.5, 0.6) is 0 Å². The lowest BCUT2D eigenvalue weighted by molar-refractivity contribution is -0.134. The highest BCUT2D eigenvalue weighted by Gasteiger charge is 2.27. The van der Waals surface area contributed by atoms with Gasteiger partial charge in [0.15, 0.2) is 5.82 Å². The summed E-state index contributed by atoms with van der Waals surface area (Å²) < 4.78 is 40.9. The molecule has 0 fully saturated rings. The first-order chi connectivity index (χ1) is 8.48. The van der Waals surface area contributed by atoms with E-state index < -0.39 is 12.6 Å². The molecule has 0 aliphatic rings. The normalized spacial score (nSPS) is 12.0. The molecule has 18 heavy (non-hydrogen) atoms. The number of aromatic nitrogens is 3. The molecule has 5 nitrogen and oxygen atoms in total. The Morgan fingerprint density at radius 3 is 2.72 bits per heavy atom. The Labute approximate surface area is 104 Å². The lowest BCUT2D eigenvalue weighted by Gasteiger charge is -2.01. The second-order valence-electron chi connectivity index (χ2n) is 3.46. The third-order valence-electron chi connectivity index (χ3n) is 2.05. The molecule has 98 valence electrons. The van der Waals surface area contributed by atoms with Crippen molar-refractivity contribution in [1.29, 1.82) is 0 Å². The monoisotopic (exact) mass is 278 g/mol. The second-order valence-corrected chi connectivity index (χ2v) is 4.40.